The van der Waals surface area contributed by atoms with Gasteiger partial charge in [-0.05, 0) is 24.1 Å². The lowest BCUT2D eigenvalue weighted by Crippen LogP contribution is -2.08. The number of aromatic nitrogens is 2. The number of H-pyrrole nitrogens is 1. The van der Waals surface area contributed by atoms with Gasteiger partial charge in [-0.15, -0.1) is 0 Å². The van der Waals surface area contributed by atoms with E-state index < -0.39 is 11.7 Å². The summed E-state index contributed by atoms with van der Waals surface area (Å²) in [5, 5.41) is 9.65. The van der Waals surface area contributed by atoms with E-state index in [1.54, 1.807) is 12.1 Å². The lowest BCUT2D eigenvalue weighted by Gasteiger charge is -2.00. The molecule has 0 saturated heterocycles. The number of carbonyl (C=O) groups is 1. The van der Waals surface area contributed by atoms with Crippen molar-refractivity contribution in [2.75, 3.05) is 5.32 Å². The van der Waals surface area contributed by atoms with Crippen molar-refractivity contribution in [1.82, 2.24) is 10.2 Å². The van der Waals surface area contributed by atoms with Crippen LogP contribution in [-0.4, -0.2) is 16.1 Å². The smallest absolute Gasteiger partial charge is 0.249 e. The fourth-order valence-corrected chi connectivity index (χ4v) is 1.92. The Labute approximate surface area is 127 Å². The minimum Gasteiger partial charge on any atom is -0.306 e. The van der Waals surface area contributed by atoms with Crippen LogP contribution in [0.2, 0.25) is 5.02 Å². The Morgan fingerprint density at radius 2 is 2.24 bits per heavy atom. The molecule has 2 rings (SSSR count). The first-order chi connectivity index (χ1) is 9.97. The number of aromatic amines is 1. The van der Waals surface area contributed by atoms with Crippen molar-refractivity contribution in [1.29, 1.82) is 0 Å². The lowest BCUT2D eigenvalue weighted by atomic mass is 10.1. The maximum absolute atomic E-state index is 13.5. The molecular formula is C15H15ClFN3O. The normalized spacial score (nSPS) is 11.3. The van der Waals surface area contributed by atoms with Crippen LogP contribution in [-0.2, 0) is 4.79 Å². The molecule has 4 nitrogen and oxygen atoms in total. The zero-order valence-electron chi connectivity index (χ0n) is 11.7. The van der Waals surface area contributed by atoms with Crippen LogP contribution < -0.4 is 5.32 Å². The number of hydrogen-bond acceptors (Lipinski definition) is 2. The van der Waals surface area contributed by atoms with Gasteiger partial charge < -0.3 is 5.32 Å². The third-order valence-electron chi connectivity index (χ3n) is 2.87. The predicted molar refractivity (Wildman–Crippen MR) is 81.8 cm³/mol. The average molecular weight is 308 g/mol. The molecule has 0 aliphatic carbocycles. The van der Waals surface area contributed by atoms with Crippen LogP contribution in [0.1, 0.15) is 31.0 Å². The SMILES string of the molecule is CC(C)c1cc(NC(=O)/C=C/c2c(F)cccc2Cl)n[nH]1. The number of halogens is 2. The van der Waals surface area contributed by atoms with Crippen LogP contribution in [0.3, 0.4) is 0 Å². The van der Waals surface area contributed by atoms with E-state index in [1.807, 2.05) is 13.8 Å². The summed E-state index contributed by atoms with van der Waals surface area (Å²) < 4.78 is 13.5. The topological polar surface area (TPSA) is 57.8 Å². The maximum Gasteiger partial charge on any atom is 0.249 e. The first-order valence-electron chi connectivity index (χ1n) is 6.45. The minimum absolute atomic E-state index is 0.180. The van der Waals surface area contributed by atoms with E-state index in [4.69, 9.17) is 11.6 Å². The van der Waals surface area contributed by atoms with Crippen LogP contribution >= 0.6 is 11.6 Å². The fourth-order valence-electron chi connectivity index (χ4n) is 1.69. The van der Waals surface area contributed by atoms with Gasteiger partial charge in [-0.1, -0.05) is 31.5 Å². The van der Waals surface area contributed by atoms with Gasteiger partial charge in [-0.25, -0.2) is 4.39 Å². The minimum atomic E-state index is -0.478. The second-order valence-corrected chi connectivity index (χ2v) is 5.23. The first-order valence-corrected chi connectivity index (χ1v) is 6.83. The Bertz CT molecular complexity index is 659. The highest BCUT2D eigenvalue weighted by Gasteiger charge is 2.07. The Balaban J connectivity index is 2.05. The third-order valence-corrected chi connectivity index (χ3v) is 3.20. The van der Waals surface area contributed by atoms with Crippen molar-refractivity contribution in [2.24, 2.45) is 0 Å². The second kappa shape index (κ2) is 6.54. The first kappa shape index (κ1) is 15.3. The number of hydrogen-bond donors (Lipinski definition) is 2. The Hall–Kier alpha value is -2.14. The number of carbonyl (C=O) groups excluding carboxylic acids is 1. The average Bonchev–Trinajstić information content (AvgIpc) is 2.87. The molecule has 0 saturated carbocycles. The summed E-state index contributed by atoms with van der Waals surface area (Å²) in [5.41, 5.74) is 1.10. The summed E-state index contributed by atoms with van der Waals surface area (Å²) in [6, 6.07) is 6.11. The van der Waals surface area contributed by atoms with Crippen molar-refractivity contribution in [3.63, 3.8) is 0 Å². The molecule has 0 radical (unpaired) electrons. The summed E-state index contributed by atoms with van der Waals surface area (Å²) in [7, 11) is 0. The molecule has 6 heteroatoms. The van der Waals surface area contributed by atoms with Crippen molar-refractivity contribution in [3.8, 4) is 0 Å². The van der Waals surface area contributed by atoms with Crippen molar-refractivity contribution in [2.45, 2.75) is 19.8 Å². The van der Waals surface area contributed by atoms with Crippen molar-refractivity contribution < 1.29 is 9.18 Å². The molecule has 0 fully saturated rings. The van der Waals surface area contributed by atoms with Gasteiger partial charge in [-0.3, -0.25) is 9.89 Å². The highest BCUT2D eigenvalue weighted by molar-refractivity contribution is 6.32. The van der Waals surface area contributed by atoms with E-state index in [-0.39, 0.29) is 16.5 Å². The van der Waals surface area contributed by atoms with E-state index in [1.165, 1.54) is 24.3 Å². The molecule has 110 valence electrons. The summed E-state index contributed by atoms with van der Waals surface area (Å²) in [6.07, 6.45) is 2.55. The summed E-state index contributed by atoms with van der Waals surface area (Å²) in [6.45, 7) is 4.03. The fraction of sp³-hybridized carbons (Fsp3) is 0.200. The number of rotatable bonds is 4. The molecule has 1 aromatic heterocycles. The molecule has 0 atom stereocenters. The van der Waals surface area contributed by atoms with Crippen LogP contribution in [0.25, 0.3) is 6.08 Å². The van der Waals surface area contributed by atoms with E-state index in [9.17, 15) is 9.18 Å². The quantitative estimate of drug-likeness (QED) is 0.839. The van der Waals surface area contributed by atoms with Gasteiger partial charge >= 0.3 is 0 Å². The molecule has 0 aliphatic heterocycles. The largest absolute Gasteiger partial charge is 0.306 e. The predicted octanol–water partition coefficient (Wildman–Crippen LogP) is 3.98. The Morgan fingerprint density at radius 1 is 1.48 bits per heavy atom. The van der Waals surface area contributed by atoms with Crippen molar-refractivity contribution >= 4 is 29.4 Å². The monoisotopic (exact) mass is 307 g/mol. The molecule has 2 aromatic rings. The summed E-state index contributed by atoms with van der Waals surface area (Å²) in [4.78, 5) is 11.8. The highest BCUT2D eigenvalue weighted by Crippen LogP contribution is 2.20. The van der Waals surface area contributed by atoms with E-state index in [2.05, 4.69) is 15.5 Å². The molecular weight excluding hydrogens is 293 g/mol. The molecule has 0 bridgehead atoms. The molecule has 0 aliphatic rings. The van der Waals surface area contributed by atoms with Crippen LogP contribution in [0, 0.1) is 5.82 Å². The van der Waals surface area contributed by atoms with Gasteiger partial charge in [0.05, 0.1) is 5.02 Å². The van der Waals surface area contributed by atoms with Gasteiger partial charge in [0, 0.05) is 23.4 Å². The van der Waals surface area contributed by atoms with Crippen LogP contribution in [0.5, 0.6) is 0 Å². The maximum atomic E-state index is 13.5. The zero-order chi connectivity index (χ0) is 15.4. The summed E-state index contributed by atoms with van der Waals surface area (Å²) >= 11 is 5.87. The Morgan fingerprint density at radius 3 is 2.86 bits per heavy atom. The standard InChI is InChI=1S/C15H15ClFN3O/c1-9(2)13-8-14(20-19-13)18-15(21)7-6-10-11(16)4-3-5-12(10)17/h3-9H,1-2H3,(H2,18,19,20,21)/b7-6+. The number of nitrogens with one attached hydrogen (secondary N) is 2. The number of anilines is 1. The zero-order valence-corrected chi connectivity index (χ0v) is 12.4. The van der Waals surface area contributed by atoms with Gasteiger partial charge in [0.15, 0.2) is 5.82 Å². The van der Waals surface area contributed by atoms with Gasteiger partial charge in [0.2, 0.25) is 5.91 Å². The van der Waals surface area contributed by atoms with E-state index in [0.717, 1.165) is 5.69 Å². The van der Waals surface area contributed by atoms with Gasteiger partial charge in [-0.2, -0.15) is 5.10 Å². The molecule has 0 unspecified atom stereocenters. The third kappa shape index (κ3) is 3.92. The van der Waals surface area contributed by atoms with Gasteiger partial charge in [0.1, 0.15) is 5.82 Å². The van der Waals surface area contributed by atoms with E-state index in [0.29, 0.717) is 5.82 Å². The molecule has 2 N–H and O–H groups in total. The highest BCUT2D eigenvalue weighted by atomic mass is 35.5. The molecule has 1 aromatic carbocycles. The number of benzene rings is 1. The van der Waals surface area contributed by atoms with E-state index >= 15 is 0 Å². The number of amides is 1. The lowest BCUT2D eigenvalue weighted by molar-refractivity contribution is -0.111. The molecule has 1 heterocycles. The van der Waals surface area contributed by atoms with Gasteiger partial charge in [0.25, 0.3) is 0 Å². The second-order valence-electron chi connectivity index (χ2n) is 4.82. The van der Waals surface area contributed by atoms with Crippen LogP contribution in [0.15, 0.2) is 30.3 Å². The van der Waals surface area contributed by atoms with Crippen molar-refractivity contribution in [3.05, 3.63) is 52.4 Å². The molecule has 0 spiro atoms. The number of nitrogens with zero attached hydrogens (tertiary/aromatic N) is 1. The molecule has 1 amide bonds. The summed E-state index contributed by atoms with van der Waals surface area (Å²) in [5.74, 6) is -0.173. The molecule has 21 heavy (non-hydrogen) atoms. The van der Waals surface area contributed by atoms with Crippen LogP contribution in [0.4, 0.5) is 10.2 Å². The Kier molecular flexibility index (Phi) is 4.75.